The number of nitrogens with one attached hydrogen (secondary N) is 1. The van der Waals surface area contributed by atoms with Crippen LogP contribution in [0.15, 0.2) is 48.5 Å². The number of ether oxygens (including phenoxy) is 1. The van der Waals surface area contributed by atoms with Crippen molar-refractivity contribution in [2.45, 2.75) is 19.3 Å². The Labute approximate surface area is 212 Å². The predicted molar refractivity (Wildman–Crippen MR) is 142 cm³/mol. The number of benzene rings is 2. The fourth-order valence-electron chi connectivity index (χ4n) is 4.07. The lowest BCUT2D eigenvalue weighted by Crippen LogP contribution is -2.46. The zero-order chi connectivity index (χ0) is 21.5. The molecule has 2 aromatic carbocycles. The van der Waals surface area contributed by atoms with Gasteiger partial charge >= 0.3 is 0 Å². The van der Waals surface area contributed by atoms with E-state index in [4.69, 9.17) is 4.74 Å². The monoisotopic (exact) mass is 510 g/mol. The highest BCUT2D eigenvalue weighted by Gasteiger charge is 2.19. The number of nitrogens with zero attached hydrogens (tertiary/aromatic N) is 3. The molecule has 0 radical (unpaired) electrons. The molecule has 2 heterocycles. The first kappa shape index (κ1) is 27.2. The van der Waals surface area contributed by atoms with Gasteiger partial charge in [0.1, 0.15) is 5.75 Å². The second kappa shape index (κ2) is 13.6. The van der Waals surface area contributed by atoms with Gasteiger partial charge in [0, 0.05) is 38.1 Å². The second-order valence-corrected chi connectivity index (χ2v) is 8.66. The first-order valence-corrected chi connectivity index (χ1v) is 11.7. The molecule has 1 amide bonds. The van der Waals surface area contributed by atoms with Gasteiger partial charge in [0.15, 0.2) is 0 Å². The van der Waals surface area contributed by atoms with Crippen molar-refractivity contribution >= 4 is 58.0 Å². The lowest BCUT2D eigenvalue weighted by Gasteiger charge is -2.36. The Balaban J connectivity index is 0.00000193. The van der Waals surface area contributed by atoms with E-state index in [-0.39, 0.29) is 30.7 Å². The molecule has 0 aliphatic carbocycles. The smallest absolute Gasteiger partial charge is 0.226 e. The summed E-state index contributed by atoms with van der Waals surface area (Å²) >= 11 is 1.46. The number of anilines is 1. The Hall–Kier alpha value is -2.06. The lowest BCUT2D eigenvalue weighted by molar-refractivity contribution is -0.120. The van der Waals surface area contributed by atoms with Crippen molar-refractivity contribution in [3.05, 3.63) is 54.2 Å². The van der Waals surface area contributed by atoms with Crippen molar-refractivity contribution in [2.75, 3.05) is 51.3 Å². The van der Waals surface area contributed by atoms with Gasteiger partial charge in [-0.05, 0) is 49.1 Å². The molecule has 0 bridgehead atoms. The number of rotatable bonds is 9. The summed E-state index contributed by atoms with van der Waals surface area (Å²) in [7, 11) is 1.73. The number of hydrogen-bond acceptors (Lipinski definition) is 6. The normalized spacial score (nSPS) is 13.8. The number of amides is 1. The zero-order valence-electron chi connectivity index (χ0n) is 18.9. The summed E-state index contributed by atoms with van der Waals surface area (Å²) in [4.78, 5) is 17.2. The number of carbonyl (C=O) groups excluding carboxylic acids is 1. The highest BCUT2D eigenvalue weighted by molar-refractivity contribution is 7.13. The van der Waals surface area contributed by atoms with Gasteiger partial charge in [0.2, 0.25) is 5.91 Å². The molecule has 1 fully saturated rings. The van der Waals surface area contributed by atoms with Gasteiger partial charge in [-0.1, -0.05) is 30.3 Å². The van der Waals surface area contributed by atoms with Crippen molar-refractivity contribution in [3.8, 4) is 5.75 Å². The molecule has 1 aliphatic heterocycles. The van der Waals surface area contributed by atoms with E-state index in [1.54, 1.807) is 7.11 Å². The molecule has 3 aromatic rings. The first-order chi connectivity index (χ1) is 15.2. The highest BCUT2D eigenvalue weighted by atomic mass is 35.5. The Morgan fingerprint density at radius 3 is 2.55 bits per heavy atom. The average Bonchev–Trinajstić information content (AvgIpc) is 3.22. The minimum Gasteiger partial charge on any atom is -0.495 e. The molecule has 9 heteroatoms. The van der Waals surface area contributed by atoms with Crippen LogP contribution in [0, 0.1) is 0 Å². The maximum atomic E-state index is 12.3. The van der Waals surface area contributed by atoms with E-state index >= 15 is 0 Å². The molecule has 180 valence electrons. The van der Waals surface area contributed by atoms with E-state index in [2.05, 4.69) is 31.6 Å². The number of methoxy groups -OCH3 is 1. The van der Waals surface area contributed by atoms with Crippen LogP contribution < -0.4 is 15.0 Å². The number of piperazine rings is 1. The number of aromatic nitrogens is 1. The van der Waals surface area contributed by atoms with Crippen LogP contribution in [0.1, 0.15) is 18.5 Å². The standard InChI is InChI=1S/C24H30N4O2S.2ClH/c1-30-22-10-4-3-9-21(22)28-16-14-27(15-17-28)13-7-6-12-25-24(29)18-20-19-8-2-5-11-23(19)31-26-20;;/h2-5,8-11H,6-7,12-18H2,1H3,(H,25,29);2*1H. The molecule has 33 heavy (non-hydrogen) atoms. The van der Waals surface area contributed by atoms with Gasteiger partial charge in [0.05, 0.1) is 29.6 Å². The fourth-order valence-corrected chi connectivity index (χ4v) is 4.87. The molecule has 0 saturated carbocycles. The van der Waals surface area contributed by atoms with E-state index in [0.717, 1.165) is 73.6 Å². The van der Waals surface area contributed by atoms with Gasteiger partial charge < -0.3 is 15.0 Å². The van der Waals surface area contributed by atoms with E-state index in [0.29, 0.717) is 6.42 Å². The van der Waals surface area contributed by atoms with Crippen LogP contribution in [0.25, 0.3) is 10.1 Å². The Morgan fingerprint density at radius 1 is 1.03 bits per heavy atom. The van der Waals surface area contributed by atoms with Crippen LogP contribution in [-0.4, -0.2) is 61.6 Å². The van der Waals surface area contributed by atoms with Gasteiger partial charge in [-0.2, -0.15) is 4.37 Å². The van der Waals surface area contributed by atoms with Crippen molar-refractivity contribution in [1.82, 2.24) is 14.6 Å². The molecule has 4 rings (SSSR count). The molecular formula is C24H32Cl2N4O2S. The van der Waals surface area contributed by atoms with Crippen molar-refractivity contribution in [3.63, 3.8) is 0 Å². The maximum absolute atomic E-state index is 12.3. The average molecular weight is 512 g/mol. The number of carbonyl (C=O) groups is 1. The topological polar surface area (TPSA) is 57.7 Å². The molecule has 0 atom stereocenters. The van der Waals surface area contributed by atoms with Gasteiger partial charge in [0.25, 0.3) is 0 Å². The van der Waals surface area contributed by atoms with Gasteiger partial charge in [-0.15, -0.1) is 24.8 Å². The van der Waals surface area contributed by atoms with E-state index in [1.165, 1.54) is 17.2 Å². The van der Waals surface area contributed by atoms with Crippen LogP contribution in [-0.2, 0) is 11.2 Å². The van der Waals surface area contributed by atoms with Crippen molar-refractivity contribution in [1.29, 1.82) is 0 Å². The Morgan fingerprint density at radius 2 is 1.76 bits per heavy atom. The maximum Gasteiger partial charge on any atom is 0.226 e. The number of para-hydroxylation sites is 2. The highest BCUT2D eigenvalue weighted by Crippen LogP contribution is 2.28. The van der Waals surface area contributed by atoms with Gasteiger partial charge in [-0.25, -0.2) is 0 Å². The minimum atomic E-state index is 0. The summed E-state index contributed by atoms with van der Waals surface area (Å²) in [6.45, 7) is 5.94. The van der Waals surface area contributed by atoms with Crippen LogP contribution in [0.4, 0.5) is 5.69 Å². The number of unbranched alkanes of at least 4 members (excludes halogenated alkanes) is 1. The molecule has 0 unspecified atom stereocenters. The summed E-state index contributed by atoms with van der Waals surface area (Å²) in [6.07, 6.45) is 2.44. The van der Waals surface area contributed by atoms with Crippen LogP contribution in [0.2, 0.25) is 0 Å². The molecule has 1 N–H and O–H groups in total. The third kappa shape index (κ3) is 7.21. The molecule has 6 nitrogen and oxygen atoms in total. The zero-order valence-corrected chi connectivity index (χ0v) is 21.3. The summed E-state index contributed by atoms with van der Waals surface area (Å²) < 4.78 is 11.1. The molecule has 1 aliphatic rings. The van der Waals surface area contributed by atoms with Crippen molar-refractivity contribution in [2.24, 2.45) is 0 Å². The largest absolute Gasteiger partial charge is 0.495 e. The molecule has 0 spiro atoms. The summed E-state index contributed by atoms with van der Waals surface area (Å²) in [5, 5.41) is 4.14. The Bertz CT molecular complexity index is 1010. The van der Waals surface area contributed by atoms with Crippen LogP contribution >= 0.6 is 36.3 Å². The SMILES string of the molecule is COc1ccccc1N1CCN(CCCCNC(=O)Cc2nsc3ccccc23)CC1.Cl.Cl. The lowest BCUT2D eigenvalue weighted by atomic mass is 10.1. The number of hydrogen-bond donors (Lipinski definition) is 1. The summed E-state index contributed by atoms with van der Waals surface area (Å²) in [5.41, 5.74) is 2.06. The third-order valence-electron chi connectivity index (χ3n) is 5.80. The van der Waals surface area contributed by atoms with E-state index in [9.17, 15) is 4.79 Å². The minimum absolute atomic E-state index is 0. The Kier molecular flexibility index (Phi) is 11.2. The quantitative estimate of drug-likeness (QED) is 0.432. The van der Waals surface area contributed by atoms with E-state index < -0.39 is 0 Å². The molecular weight excluding hydrogens is 479 g/mol. The predicted octanol–water partition coefficient (Wildman–Crippen LogP) is 4.41. The number of fused-ring (bicyclic) bond motifs is 1. The van der Waals surface area contributed by atoms with Crippen LogP contribution in [0.3, 0.4) is 0 Å². The fraction of sp³-hybridized carbons (Fsp3) is 0.417. The van der Waals surface area contributed by atoms with Crippen molar-refractivity contribution < 1.29 is 9.53 Å². The third-order valence-corrected chi connectivity index (χ3v) is 6.67. The summed E-state index contributed by atoms with van der Waals surface area (Å²) in [6, 6.07) is 16.3. The molecule has 1 aromatic heterocycles. The van der Waals surface area contributed by atoms with Gasteiger partial charge in [-0.3, -0.25) is 9.69 Å². The first-order valence-electron chi connectivity index (χ1n) is 10.9. The van der Waals surface area contributed by atoms with E-state index in [1.807, 2.05) is 36.4 Å². The second-order valence-electron chi connectivity index (χ2n) is 7.86. The number of halogens is 2. The van der Waals surface area contributed by atoms with Crippen LogP contribution in [0.5, 0.6) is 5.75 Å². The summed E-state index contributed by atoms with van der Waals surface area (Å²) in [5.74, 6) is 0.999. The molecule has 1 saturated heterocycles.